The minimum absolute atomic E-state index is 0.0965. The summed E-state index contributed by atoms with van der Waals surface area (Å²) in [6, 6.07) is 1.21. The van der Waals surface area contributed by atoms with Gasteiger partial charge in [0.15, 0.2) is 0 Å². The van der Waals surface area contributed by atoms with Crippen LogP contribution >= 0.6 is 0 Å². The molecular formula is C41H80N8. The molecule has 3 heterocycles. The Morgan fingerprint density at radius 1 is 0.531 bits per heavy atom. The standard InChI is InChI=1S/C41H80N8/c1-13-38(5,6)27-33(48-23-19-17-20-24-48)29-40(9,10)31-42-35-44-36(46-37(45-35)47(15-3)16-4)43-32-41(11,12)30-34(28-39(7,8)14-2)49-25-21-18-22-26-49/h33-34H,13-32H2,1-12H3,(H2,42,43,44,45,46). The van der Waals surface area contributed by atoms with Crippen molar-refractivity contribution in [2.45, 2.75) is 172 Å². The summed E-state index contributed by atoms with van der Waals surface area (Å²) >= 11 is 0. The molecule has 0 amide bonds. The zero-order valence-corrected chi connectivity index (χ0v) is 34.5. The molecule has 0 radical (unpaired) electrons. The predicted octanol–water partition coefficient (Wildman–Crippen LogP) is 9.74. The van der Waals surface area contributed by atoms with Crippen molar-refractivity contribution in [2.75, 3.05) is 67.9 Å². The molecule has 2 aliphatic heterocycles. The lowest BCUT2D eigenvalue weighted by Crippen LogP contribution is -2.45. The molecule has 0 aromatic carbocycles. The van der Waals surface area contributed by atoms with Crippen molar-refractivity contribution < 1.29 is 0 Å². The fourth-order valence-electron chi connectivity index (χ4n) is 8.02. The summed E-state index contributed by atoms with van der Waals surface area (Å²) in [5.41, 5.74) is 0.901. The minimum atomic E-state index is 0.0965. The second-order valence-electron chi connectivity index (χ2n) is 18.8. The molecule has 0 aliphatic carbocycles. The van der Waals surface area contributed by atoms with Crippen LogP contribution < -0.4 is 15.5 Å². The van der Waals surface area contributed by atoms with E-state index < -0.39 is 0 Å². The molecule has 2 unspecified atom stereocenters. The number of piperidine rings is 2. The minimum Gasteiger partial charge on any atom is -0.353 e. The third-order valence-corrected chi connectivity index (χ3v) is 12.0. The Balaban J connectivity index is 1.75. The van der Waals surface area contributed by atoms with E-state index >= 15 is 0 Å². The topological polar surface area (TPSA) is 72.5 Å². The average molecular weight is 685 g/mol. The monoisotopic (exact) mass is 685 g/mol. The molecule has 49 heavy (non-hydrogen) atoms. The second kappa shape index (κ2) is 18.7. The van der Waals surface area contributed by atoms with E-state index in [1.807, 2.05) is 0 Å². The number of aromatic nitrogens is 3. The summed E-state index contributed by atoms with van der Waals surface area (Å²) in [7, 11) is 0. The van der Waals surface area contributed by atoms with Crippen molar-refractivity contribution >= 4 is 17.8 Å². The van der Waals surface area contributed by atoms with Crippen LogP contribution in [0.5, 0.6) is 0 Å². The van der Waals surface area contributed by atoms with Crippen LogP contribution in [0.3, 0.4) is 0 Å². The van der Waals surface area contributed by atoms with Crippen molar-refractivity contribution in [3.63, 3.8) is 0 Å². The Hall–Kier alpha value is -1.67. The van der Waals surface area contributed by atoms with E-state index in [1.54, 1.807) is 0 Å². The van der Waals surface area contributed by atoms with E-state index in [2.05, 4.69) is 108 Å². The first-order valence-electron chi connectivity index (χ1n) is 20.5. The van der Waals surface area contributed by atoms with Gasteiger partial charge in [-0.25, -0.2) is 0 Å². The Morgan fingerprint density at radius 2 is 0.878 bits per heavy atom. The fourth-order valence-corrected chi connectivity index (χ4v) is 8.02. The highest BCUT2D eigenvalue weighted by atomic mass is 15.3. The van der Waals surface area contributed by atoms with Crippen molar-refractivity contribution in [3.05, 3.63) is 0 Å². The summed E-state index contributed by atoms with van der Waals surface area (Å²) in [5.74, 6) is 2.13. The third kappa shape index (κ3) is 14.1. The smallest absolute Gasteiger partial charge is 0.231 e. The number of rotatable bonds is 21. The van der Waals surface area contributed by atoms with E-state index in [-0.39, 0.29) is 10.8 Å². The summed E-state index contributed by atoms with van der Waals surface area (Å²) < 4.78 is 0. The predicted molar refractivity (Wildman–Crippen MR) is 213 cm³/mol. The number of nitrogens with zero attached hydrogens (tertiary/aromatic N) is 6. The van der Waals surface area contributed by atoms with Crippen molar-refractivity contribution in [3.8, 4) is 0 Å². The van der Waals surface area contributed by atoms with Crippen LogP contribution in [-0.4, -0.2) is 89.2 Å². The van der Waals surface area contributed by atoms with Crippen molar-refractivity contribution in [2.24, 2.45) is 21.7 Å². The van der Waals surface area contributed by atoms with E-state index in [9.17, 15) is 0 Å². The molecular weight excluding hydrogens is 605 g/mol. The van der Waals surface area contributed by atoms with Gasteiger partial charge in [0.05, 0.1) is 0 Å². The maximum absolute atomic E-state index is 4.98. The highest BCUT2D eigenvalue weighted by molar-refractivity contribution is 5.44. The van der Waals surface area contributed by atoms with Gasteiger partial charge in [-0.2, -0.15) is 15.0 Å². The first-order chi connectivity index (χ1) is 23.0. The van der Waals surface area contributed by atoms with Crippen LogP contribution in [0.2, 0.25) is 0 Å². The largest absolute Gasteiger partial charge is 0.353 e. The lowest BCUT2D eigenvalue weighted by atomic mass is 9.76. The van der Waals surface area contributed by atoms with E-state index in [1.165, 1.54) is 103 Å². The molecule has 3 rings (SSSR count). The van der Waals surface area contributed by atoms with E-state index in [0.29, 0.717) is 34.8 Å². The Kier molecular flexibility index (Phi) is 15.9. The van der Waals surface area contributed by atoms with Crippen LogP contribution in [0.4, 0.5) is 17.8 Å². The zero-order valence-electron chi connectivity index (χ0n) is 34.5. The molecule has 0 spiro atoms. The highest BCUT2D eigenvalue weighted by Gasteiger charge is 2.34. The molecule has 2 atom stereocenters. The van der Waals surface area contributed by atoms with Gasteiger partial charge in [0.1, 0.15) is 0 Å². The Morgan fingerprint density at radius 3 is 1.20 bits per heavy atom. The van der Waals surface area contributed by atoms with Crippen LogP contribution in [-0.2, 0) is 0 Å². The number of hydrogen-bond acceptors (Lipinski definition) is 8. The van der Waals surface area contributed by atoms with Gasteiger partial charge in [-0.3, -0.25) is 0 Å². The molecule has 2 fully saturated rings. The molecule has 0 saturated carbocycles. The second-order valence-corrected chi connectivity index (χ2v) is 18.8. The molecule has 2 aliphatic rings. The summed E-state index contributed by atoms with van der Waals surface area (Å²) in [5, 5.41) is 7.41. The third-order valence-electron chi connectivity index (χ3n) is 12.0. The SMILES string of the molecule is CCN(CC)c1nc(NCC(C)(C)CC(CC(C)(C)CC)N2CCCCC2)nc(NCC(C)(C)CC(CC(C)(C)CC)N2CCCCC2)n1. The van der Waals surface area contributed by atoms with Gasteiger partial charge in [0, 0.05) is 38.3 Å². The maximum atomic E-state index is 4.98. The van der Waals surface area contributed by atoms with Gasteiger partial charge in [-0.1, -0.05) is 94.9 Å². The van der Waals surface area contributed by atoms with E-state index in [0.717, 1.165) is 32.1 Å². The van der Waals surface area contributed by atoms with Crippen LogP contribution in [0.25, 0.3) is 0 Å². The lowest BCUT2D eigenvalue weighted by molar-refractivity contribution is 0.0846. The molecule has 284 valence electrons. The Bertz CT molecular complexity index is 1010. The number of anilines is 3. The number of hydrogen-bond donors (Lipinski definition) is 2. The summed E-state index contributed by atoms with van der Waals surface area (Å²) in [6.07, 6.45) is 15.4. The number of nitrogens with one attached hydrogen (secondary N) is 2. The quantitative estimate of drug-likeness (QED) is 0.133. The van der Waals surface area contributed by atoms with Crippen LogP contribution in [0.1, 0.15) is 160 Å². The Labute approximate surface area is 303 Å². The van der Waals surface area contributed by atoms with Gasteiger partial charge in [0.2, 0.25) is 17.8 Å². The van der Waals surface area contributed by atoms with Crippen molar-refractivity contribution in [1.82, 2.24) is 24.8 Å². The number of likely N-dealkylation sites (tertiary alicyclic amines) is 2. The first kappa shape index (κ1) is 41.7. The maximum Gasteiger partial charge on any atom is 0.231 e. The normalized spacial score (nSPS) is 18.7. The first-order valence-corrected chi connectivity index (χ1v) is 20.5. The average Bonchev–Trinajstić information content (AvgIpc) is 3.07. The van der Waals surface area contributed by atoms with Crippen LogP contribution in [0.15, 0.2) is 0 Å². The summed E-state index contributed by atoms with van der Waals surface area (Å²) in [4.78, 5) is 22.7. The molecule has 2 N–H and O–H groups in total. The van der Waals surface area contributed by atoms with E-state index in [4.69, 9.17) is 15.0 Å². The molecule has 0 bridgehead atoms. The molecule has 2 saturated heterocycles. The van der Waals surface area contributed by atoms with Gasteiger partial charge in [-0.05, 0) is 113 Å². The molecule has 8 heteroatoms. The van der Waals surface area contributed by atoms with Gasteiger partial charge in [0.25, 0.3) is 0 Å². The van der Waals surface area contributed by atoms with Crippen LogP contribution in [0, 0.1) is 21.7 Å². The van der Waals surface area contributed by atoms with Gasteiger partial charge >= 0.3 is 0 Å². The summed E-state index contributed by atoms with van der Waals surface area (Å²) in [6.45, 7) is 36.9. The van der Waals surface area contributed by atoms with Gasteiger partial charge < -0.3 is 25.3 Å². The molecule has 1 aromatic heterocycles. The molecule has 1 aromatic rings. The van der Waals surface area contributed by atoms with Gasteiger partial charge in [-0.15, -0.1) is 0 Å². The zero-order chi connectivity index (χ0) is 36.3. The van der Waals surface area contributed by atoms with Crippen molar-refractivity contribution in [1.29, 1.82) is 0 Å². The highest BCUT2D eigenvalue weighted by Crippen LogP contribution is 2.37. The lowest BCUT2D eigenvalue weighted by Gasteiger charge is -2.42. The molecule has 8 nitrogen and oxygen atoms in total. The fraction of sp³-hybridized carbons (Fsp3) is 0.927.